The largest absolute Gasteiger partial charge is 0.393 e. The van der Waals surface area contributed by atoms with E-state index in [-0.39, 0.29) is 11.9 Å². The molecule has 2 unspecified atom stereocenters. The Morgan fingerprint density at radius 2 is 2.40 bits per heavy atom. The van der Waals surface area contributed by atoms with Gasteiger partial charge in [0.1, 0.15) is 11.0 Å². The topological polar surface area (TPSA) is 65.5 Å². The Balaban J connectivity index is 2.19. The van der Waals surface area contributed by atoms with Crippen molar-refractivity contribution >= 4 is 23.3 Å². The van der Waals surface area contributed by atoms with Crippen LogP contribution < -0.4 is 5.32 Å². The first kappa shape index (κ1) is 15.1. The number of likely N-dealkylation sites (tertiary alicyclic amines) is 1. The second kappa shape index (κ2) is 6.41. The Labute approximate surface area is 123 Å². The van der Waals surface area contributed by atoms with E-state index in [1.165, 1.54) is 0 Å². The maximum absolute atomic E-state index is 12.6. The molecule has 2 rings (SSSR count). The van der Waals surface area contributed by atoms with Gasteiger partial charge in [0.2, 0.25) is 0 Å². The van der Waals surface area contributed by atoms with E-state index in [9.17, 15) is 9.90 Å². The first-order valence-electron chi connectivity index (χ1n) is 6.85. The lowest BCUT2D eigenvalue weighted by molar-refractivity contribution is 0.0682. The van der Waals surface area contributed by atoms with E-state index >= 15 is 0 Å². The molecule has 1 aromatic heterocycles. The Hall–Kier alpha value is -1.33. The smallest absolute Gasteiger partial charge is 0.254 e. The van der Waals surface area contributed by atoms with Crippen molar-refractivity contribution in [1.29, 1.82) is 0 Å². The summed E-state index contributed by atoms with van der Waals surface area (Å²) in [7, 11) is 1.74. The second-order valence-corrected chi connectivity index (χ2v) is 5.58. The monoisotopic (exact) mass is 297 g/mol. The molecular formula is C14H20ClN3O2. The molecule has 1 amide bonds. The molecule has 0 spiro atoms. The highest BCUT2D eigenvalue weighted by Gasteiger charge is 2.30. The molecule has 1 aliphatic rings. The number of carbonyl (C=O) groups is 1. The zero-order chi connectivity index (χ0) is 14.7. The highest BCUT2D eigenvalue weighted by atomic mass is 35.5. The number of aliphatic hydroxyl groups is 1. The van der Waals surface area contributed by atoms with Crippen LogP contribution in [-0.2, 0) is 0 Å². The fourth-order valence-electron chi connectivity index (χ4n) is 2.66. The number of hydrogen-bond acceptors (Lipinski definition) is 4. The van der Waals surface area contributed by atoms with Crippen LogP contribution in [0.4, 0.5) is 5.82 Å². The molecule has 2 atom stereocenters. The molecule has 1 aliphatic heterocycles. The van der Waals surface area contributed by atoms with Crippen LogP contribution in [-0.4, -0.2) is 46.6 Å². The first-order chi connectivity index (χ1) is 9.51. The van der Waals surface area contributed by atoms with Gasteiger partial charge in [0.15, 0.2) is 0 Å². The number of anilines is 1. The number of nitrogens with one attached hydrogen (secondary N) is 1. The van der Waals surface area contributed by atoms with E-state index in [1.807, 2.05) is 4.90 Å². The van der Waals surface area contributed by atoms with Crippen LogP contribution in [0.3, 0.4) is 0 Å². The van der Waals surface area contributed by atoms with Gasteiger partial charge in [0.25, 0.3) is 5.91 Å². The normalized spacial score (nSPS) is 20.0. The van der Waals surface area contributed by atoms with Crippen LogP contribution in [0.5, 0.6) is 0 Å². The predicted octanol–water partition coefficient (Wildman–Crippen LogP) is 2.15. The molecular weight excluding hydrogens is 278 g/mol. The summed E-state index contributed by atoms with van der Waals surface area (Å²) in [4.78, 5) is 18.5. The molecule has 1 fully saturated rings. The molecule has 0 aromatic carbocycles. The summed E-state index contributed by atoms with van der Waals surface area (Å²) in [6.07, 6.45) is 2.13. The van der Waals surface area contributed by atoms with E-state index in [0.717, 1.165) is 19.4 Å². The standard InChI is InChI=1S/C14H20ClN3O2/c1-9(19)6-11-4-3-5-18(11)14(20)10-7-12(15)17-13(8-10)16-2/h7-9,11,19H,3-6H2,1-2H3,(H,16,17). The summed E-state index contributed by atoms with van der Waals surface area (Å²) in [5.74, 6) is 0.529. The first-order valence-corrected chi connectivity index (χ1v) is 7.23. The van der Waals surface area contributed by atoms with Crippen LogP contribution in [0, 0.1) is 0 Å². The van der Waals surface area contributed by atoms with Crippen molar-refractivity contribution in [2.24, 2.45) is 0 Å². The minimum absolute atomic E-state index is 0.0473. The molecule has 0 aliphatic carbocycles. The number of aromatic nitrogens is 1. The summed E-state index contributed by atoms with van der Waals surface area (Å²) in [6, 6.07) is 3.39. The number of amides is 1. The van der Waals surface area contributed by atoms with Crippen molar-refractivity contribution < 1.29 is 9.90 Å². The van der Waals surface area contributed by atoms with Gasteiger partial charge in [-0.25, -0.2) is 4.98 Å². The van der Waals surface area contributed by atoms with Crippen molar-refractivity contribution in [3.8, 4) is 0 Å². The van der Waals surface area contributed by atoms with Gasteiger partial charge < -0.3 is 15.3 Å². The Bertz CT molecular complexity index is 493. The zero-order valence-corrected chi connectivity index (χ0v) is 12.5. The molecule has 6 heteroatoms. The molecule has 110 valence electrons. The minimum Gasteiger partial charge on any atom is -0.393 e. The fraction of sp³-hybridized carbons (Fsp3) is 0.571. The van der Waals surface area contributed by atoms with E-state index in [4.69, 9.17) is 11.6 Å². The molecule has 2 N–H and O–H groups in total. The van der Waals surface area contributed by atoms with Crippen molar-refractivity contribution in [3.63, 3.8) is 0 Å². The summed E-state index contributed by atoms with van der Waals surface area (Å²) >= 11 is 5.94. The highest BCUT2D eigenvalue weighted by Crippen LogP contribution is 2.25. The average molecular weight is 298 g/mol. The van der Waals surface area contributed by atoms with Gasteiger partial charge in [0.05, 0.1) is 6.10 Å². The Morgan fingerprint density at radius 1 is 1.65 bits per heavy atom. The van der Waals surface area contributed by atoms with Crippen molar-refractivity contribution in [3.05, 3.63) is 22.8 Å². The lowest BCUT2D eigenvalue weighted by atomic mass is 10.1. The molecule has 2 heterocycles. The Kier molecular flexibility index (Phi) is 4.83. The maximum atomic E-state index is 12.6. The number of hydrogen-bond donors (Lipinski definition) is 2. The number of nitrogens with zero attached hydrogens (tertiary/aromatic N) is 2. The number of pyridine rings is 1. The van der Waals surface area contributed by atoms with Gasteiger partial charge in [-0.15, -0.1) is 0 Å². The molecule has 5 nitrogen and oxygen atoms in total. The van der Waals surface area contributed by atoms with E-state index in [2.05, 4.69) is 10.3 Å². The van der Waals surface area contributed by atoms with Crippen LogP contribution >= 0.6 is 11.6 Å². The van der Waals surface area contributed by atoms with Gasteiger partial charge in [-0.1, -0.05) is 11.6 Å². The van der Waals surface area contributed by atoms with Crippen LogP contribution in [0.2, 0.25) is 5.15 Å². The van der Waals surface area contributed by atoms with Gasteiger partial charge in [-0.05, 0) is 38.3 Å². The van der Waals surface area contributed by atoms with E-state index in [1.54, 1.807) is 26.1 Å². The predicted molar refractivity (Wildman–Crippen MR) is 79.2 cm³/mol. The molecule has 0 bridgehead atoms. The van der Waals surface area contributed by atoms with Gasteiger partial charge in [-0.3, -0.25) is 4.79 Å². The van der Waals surface area contributed by atoms with Crippen molar-refractivity contribution in [1.82, 2.24) is 9.88 Å². The third kappa shape index (κ3) is 3.41. The average Bonchev–Trinajstić information content (AvgIpc) is 2.84. The summed E-state index contributed by atoms with van der Waals surface area (Å²) in [5, 5.41) is 12.7. The fourth-order valence-corrected chi connectivity index (χ4v) is 2.86. The van der Waals surface area contributed by atoms with Gasteiger partial charge in [-0.2, -0.15) is 0 Å². The minimum atomic E-state index is -0.401. The highest BCUT2D eigenvalue weighted by molar-refractivity contribution is 6.29. The molecule has 0 saturated carbocycles. The third-order valence-corrected chi connectivity index (χ3v) is 3.74. The maximum Gasteiger partial charge on any atom is 0.254 e. The molecule has 1 saturated heterocycles. The van der Waals surface area contributed by atoms with E-state index < -0.39 is 6.10 Å². The lowest BCUT2D eigenvalue weighted by Gasteiger charge is -2.26. The van der Waals surface area contributed by atoms with Crippen molar-refractivity contribution in [2.45, 2.75) is 38.3 Å². The van der Waals surface area contributed by atoms with Crippen LogP contribution in [0.15, 0.2) is 12.1 Å². The van der Waals surface area contributed by atoms with E-state index in [0.29, 0.717) is 23.0 Å². The number of carbonyl (C=O) groups excluding carboxylic acids is 1. The second-order valence-electron chi connectivity index (χ2n) is 5.19. The summed E-state index contributed by atoms with van der Waals surface area (Å²) in [6.45, 7) is 2.48. The molecule has 0 radical (unpaired) electrons. The third-order valence-electron chi connectivity index (χ3n) is 3.55. The number of aliphatic hydroxyl groups excluding tert-OH is 1. The van der Waals surface area contributed by atoms with Gasteiger partial charge in [0, 0.05) is 25.2 Å². The van der Waals surface area contributed by atoms with Gasteiger partial charge >= 0.3 is 0 Å². The molecule has 20 heavy (non-hydrogen) atoms. The number of rotatable bonds is 4. The molecule has 1 aromatic rings. The Morgan fingerprint density at radius 3 is 3.05 bits per heavy atom. The lowest BCUT2D eigenvalue weighted by Crippen LogP contribution is -2.37. The summed E-state index contributed by atoms with van der Waals surface area (Å²) in [5.41, 5.74) is 0.534. The zero-order valence-electron chi connectivity index (χ0n) is 11.8. The number of halogens is 1. The van der Waals surface area contributed by atoms with Crippen LogP contribution in [0.25, 0.3) is 0 Å². The SMILES string of the molecule is CNc1cc(C(=O)N2CCCC2CC(C)O)cc(Cl)n1. The van der Waals surface area contributed by atoms with Crippen LogP contribution in [0.1, 0.15) is 36.5 Å². The summed E-state index contributed by atoms with van der Waals surface area (Å²) < 4.78 is 0. The quantitative estimate of drug-likeness (QED) is 0.836. The van der Waals surface area contributed by atoms with Crippen molar-refractivity contribution in [2.75, 3.05) is 18.9 Å².